The van der Waals surface area contributed by atoms with E-state index in [9.17, 15) is 4.79 Å². The molecule has 1 fully saturated rings. The van der Waals surface area contributed by atoms with Gasteiger partial charge in [0, 0.05) is 11.6 Å². The monoisotopic (exact) mass is 404 g/mol. The van der Waals surface area contributed by atoms with E-state index in [1.165, 1.54) is 11.8 Å². The fourth-order valence-corrected chi connectivity index (χ4v) is 3.97. The maximum atomic E-state index is 12.3. The molecule has 0 bridgehead atoms. The number of nitrogens with zero attached hydrogens (tertiary/aromatic N) is 2. The third kappa shape index (κ3) is 4.57. The number of aliphatic imine (C=N–C) groups is 1. The number of aryl methyl sites for hydroxylation is 1. The zero-order valence-electron chi connectivity index (χ0n) is 15.5. The van der Waals surface area contributed by atoms with E-state index in [4.69, 9.17) is 21.1 Å². The van der Waals surface area contributed by atoms with Gasteiger partial charge in [-0.15, -0.1) is 0 Å². The van der Waals surface area contributed by atoms with Crippen LogP contribution in [0.3, 0.4) is 0 Å². The lowest BCUT2D eigenvalue weighted by atomic mass is 10.1. The van der Waals surface area contributed by atoms with Crippen molar-refractivity contribution in [3.63, 3.8) is 0 Å². The minimum absolute atomic E-state index is 0.0749. The van der Waals surface area contributed by atoms with Crippen molar-refractivity contribution in [2.24, 2.45) is 4.99 Å². The van der Waals surface area contributed by atoms with Crippen LogP contribution in [0, 0.1) is 6.92 Å². The van der Waals surface area contributed by atoms with Crippen LogP contribution in [0.5, 0.6) is 11.5 Å². The largest absolute Gasteiger partial charge is 0.493 e. The molecule has 0 N–H and O–H groups in total. The Bertz CT molecular complexity index is 886. The summed E-state index contributed by atoms with van der Waals surface area (Å²) < 4.78 is 10.6. The fourth-order valence-electron chi connectivity index (χ4n) is 2.83. The molecule has 0 aromatic heterocycles. The summed E-state index contributed by atoms with van der Waals surface area (Å²) in [4.78, 5) is 18.7. The van der Waals surface area contributed by atoms with Crippen LogP contribution in [0.4, 0.5) is 5.69 Å². The molecule has 2 aromatic rings. The zero-order valence-corrected chi connectivity index (χ0v) is 17.1. The fraction of sp³-hybridized carbons (Fsp3) is 0.300. The van der Waals surface area contributed by atoms with Gasteiger partial charge >= 0.3 is 0 Å². The predicted molar refractivity (Wildman–Crippen MR) is 111 cm³/mol. The number of hydrogen-bond acceptors (Lipinski definition) is 5. The third-order valence-corrected chi connectivity index (χ3v) is 5.50. The van der Waals surface area contributed by atoms with E-state index in [1.54, 1.807) is 19.1 Å². The second kappa shape index (κ2) is 8.67. The van der Waals surface area contributed by atoms with Crippen LogP contribution in [0.1, 0.15) is 11.1 Å². The van der Waals surface area contributed by atoms with Crippen LogP contribution in [0.15, 0.2) is 41.4 Å². The first-order valence-electron chi connectivity index (χ1n) is 8.50. The number of amidine groups is 1. The molecular weight excluding hydrogens is 384 g/mol. The summed E-state index contributed by atoms with van der Waals surface area (Å²) in [7, 11) is 3.22. The van der Waals surface area contributed by atoms with Gasteiger partial charge in [0.15, 0.2) is 16.7 Å². The van der Waals surface area contributed by atoms with E-state index in [0.29, 0.717) is 35.2 Å². The van der Waals surface area contributed by atoms with Crippen molar-refractivity contribution in [1.82, 2.24) is 4.90 Å². The summed E-state index contributed by atoms with van der Waals surface area (Å²) in [6.45, 7) is 2.52. The Kier molecular flexibility index (Phi) is 6.29. The van der Waals surface area contributed by atoms with Crippen LogP contribution in [-0.4, -0.2) is 42.5 Å². The lowest BCUT2D eigenvalue weighted by molar-refractivity contribution is -0.124. The van der Waals surface area contributed by atoms with Crippen molar-refractivity contribution in [3.05, 3.63) is 52.5 Å². The van der Waals surface area contributed by atoms with E-state index in [1.807, 2.05) is 43.3 Å². The van der Waals surface area contributed by atoms with Crippen molar-refractivity contribution < 1.29 is 14.3 Å². The minimum Gasteiger partial charge on any atom is -0.493 e. The molecule has 2 aromatic carbocycles. The molecule has 0 saturated carbocycles. The van der Waals surface area contributed by atoms with Gasteiger partial charge in [0.25, 0.3) is 0 Å². The number of amides is 1. The highest BCUT2D eigenvalue weighted by Gasteiger charge is 2.28. The Balaban J connectivity index is 1.76. The van der Waals surface area contributed by atoms with Crippen molar-refractivity contribution >= 4 is 40.1 Å². The molecule has 0 unspecified atom stereocenters. The summed E-state index contributed by atoms with van der Waals surface area (Å²) in [6, 6.07) is 11.4. The molecule has 0 aliphatic carbocycles. The lowest BCUT2D eigenvalue weighted by Crippen LogP contribution is -2.31. The summed E-state index contributed by atoms with van der Waals surface area (Å²) in [5.41, 5.74) is 2.88. The second-order valence-electron chi connectivity index (χ2n) is 6.10. The quantitative estimate of drug-likeness (QED) is 0.712. The number of carbonyl (C=O) groups is 1. The van der Waals surface area contributed by atoms with Gasteiger partial charge in [-0.25, -0.2) is 4.99 Å². The third-order valence-electron chi connectivity index (χ3n) is 4.30. The molecule has 7 heteroatoms. The highest BCUT2D eigenvalue weighted by Crippen LogP contribution is 2.30. The van der Waals surface area contributed by atoms with Gasteiger partial charge in [0.2, 0.25) is 5.91 Å². The molecule has 1 amide bonds. The highest BCUT2D eigenvalue weighted by atomic mass is 35.5. The average Bonchev–Trinajstić information content (AvgIpc) is 3.01. The van der Waals surface area contributed by atoms with Crippen LogP contribution in [0.2, 0.25) is 5.02 Å². The maximum absolute atomic E-state index is 12.3. The van der Waals surface area contributed by atoms with Gasteiger partial charge < -0.3 is 9.47 Å². The molecule has 1 aliphatic heterocycles. The number of halogens is 1. The molecule has 3 rings (SSSR count). The Morgan fingerprint density at radius 3 is 2.63 bits per heavy atom. The normalized spacial score (nSPS) is 15.5. The van der Waals surface area contributed by atoms with Crippen LogP contribution in [-0.2, 0) is 11.2 Å². The van der Waals surface area contributed by atoms with Crippen molar-refractivity contribution in [1.29, 1.82) is 0 Å². The topological polar surface area (TPSA) is 51.1 Å². The summed E-state index contributed by atoms with van der Waals surface area (Å²) in [6.07, 6.45) is 0.700. The first-order valence-corrected chi connectivity index (χ1v) is 9.87. The summed E-state index contributed by atoms with van der Waals surface area (Å²) in [5.74, 6) is 1.86. The maximum Gasteiger partial charge on any atom is 0.239 e. The molecule has 0 spiro atoms. The number of thioether (sulfide) groups is 1. The Morgan fingerprint density at radius 2 is 1.93 bits per heavy atom. The van der Waals surface area contributed by atoms with Gasteiger partial charge in [-0.2, -0.15) is 0 Å². The summed E-state index contributed by atoms with van der Waals surface area (Å²) in [5, 5.41) is 1.41. The van der Waals surface area contributed by atoms with E-state index < -0.39 is 0 Å². The van der Waals surface area contributed by atoms with Crippen molar-refractivity contribution in [2.45, 2.75) is 13.3 Å². The van der Waals surface area contributed by atoms with E-state index in [2.05, 4.69) is 4.99 Å². The number of rotatable bonds is 6. The van der Waals surface area contributed by atoms with Crippen LogP contribution >= 0.6 is 23.4 Å². The number of carbonyl (C=O) groups excluding carboxylic acids is 1. The van der Waals surface area contributed by atoms with E-state index in [-0.39, 0.29) is 5.91 Å². The first kappa shape index (κ1) is 19.6. The zero-order chi connectivity index (χ0) is 19.4. The van der Waals surface area contributed by atoms with Crippen molar-refractivity contribution in [2.75, 3.05) is 26.5 Å². The Labute approximate surface area is 168 Å². The Hall–Kier alpha value is -2.18. The molecule has 1 saturated heterocycles. The SMILES string of the molecule is COc1ccc(CCN2C(=O)CSC2=Nc2ccc(Cl)cc2C)cc1OC. The molecule has 142 valence electrons. The predicted octanol–water partition coefficient (Wildman–Crippen LogP) is 4.47. The molecular formula is C20H21ClN2O3S. The van der Waals surface area contributed by atoms with Gasteiger partial charge in [-0.3, -0.25) is 9.69 Å². The summed E-state index contributed by atoms with van der Waals surface area (Å²) >= 11 is 7.48. The van der Waals surface area contributed by atoms with Crippen LogP contribution < -0.4 is 9.47 Å². The number of methoxy groups -OCH3 is 2. The van der Waals surface area contributed by atoms with Crippen molar-refractivity contribution in [3.8, 4) is 11.5 Å². The molecule has 1 heterocycles. The molecule has 1 aliphatic rings. The van der Waals surface area contributed by atoms with Gasteiger partial charge in [0.1, 0.15) is 0 Å². The Morgan fingerprint density at radius 1 is 1.15 bits per heavy atom. The lowest BCUT2D eigenvalue weighted by Gasteiger charge is -2.17. The molecule has 0 radical (unpaired) electrons. The number of benzene rings is 2. The molecule has 5 nitrogen and oxygen atoms in total. The minimum atomic E-state index is 0.0749. The van der Waals surface area contributed by atoms with Gasteiger partial charge in [0.05, 0.1) is 25.7 Å². The second-order valence-corrected chi connectivity index (χ2v) is 7.48. The molecule has 27 heavy (non-hydrogen) atoms. The standard InChI is InChI=1S/C20H21ClN2O3S/c1-13-10-15(21)5-6-16(13)22-20-23(19(24)12-27-20)9-8-14-4-7-17(25-2)18(11-14)26-3/h4-7,10-11H,8-9,12H2,1-3H3. The van der Waals surface area contributed by atoms with Gasteiger partial charge in [-0.05, 0) is 54.8 Å². The molecule has 0 atom stereocenters. The van der Waals surface area contributed by atoms with Gasteiger partial charge in [-0.1, -0.05) is 29.4 Å². The smallest absolute Gasteiger partial charge is 0.239 e. The number of ether oxygens (including phenoxy) is 2. The average molecular weight is 405 g/mol. The highest BCUT2D eigenvalue weighted by molar-refractivity contribution is 8.15. The van der Waals surface area contributed by atoms with E-state index >= 15 is 0 Å². The van der Waals surface area contributed by atoms with E-state index in [0.717, 1.165) is 22.0 Å². The van der Waals surface area contributed by atoms with Crippen LogP contribution in [0.25, 0.3) is 0 Å². The number of hydrogen-bond donors (Lipinski definition) is 0. The first-order chi connectivity index (χ1) is 13.0.